The van der Waals surface area contributed by atoms with Gasteiger partial charge < -0.3 is 19.8 Å². The number of hydrogen-bond donors (Lipinski definition) is 2. The second kappa shape index (κ2) is 9.12. The first-order chi connectivity index (χ1) is 13.2. The fourth-order valence-corrected chi connectivity index (χ4v) is 2.03. The molecule has 0 aliphatic rings. The monoisotopic (exact) mass is 387 g/mol. The lowest BCUT2D eigenvalue weighted by Crippen LogP contribution is -2.29. The molecule has 2 rings (SSSR count). The van der Waals surface area contributed by atoms with Crippen LogP contribution in [-0.4, -0.2) is 28.8 Å². The molecule has 1 heterocycles. The molecule has 2 amide bonds. The number of carbonyl (C=O) groups excluding carboxylic acids is 3. The average molecular weight is 387 g/mol. The van der Waals surface area contributed by atoms with Crippen LogP contribution in [0.2, 0.25) is 0 Å². The summed E-state index contributed by atoms with van der Waals surface area (Å²) in [5, 5.41) is 15.7. The number of anilines is 2. The van der Waals surface area contributed by atoms with E-state index in [9.17, 15) is 24.5 Å². The van der Waals surface area contributed by atoms with E-state index >= 15 is 0 Å². The molecule has 0 fully saturated rings. The van der Waals surface area contributed by atoms with Gasteiger partial charge in [-0.15, -0.1) is 0 Å². The van der Waals surface area contributed by atoms with Crippen molar-refractivity contribution in [2.45, 2.75) is 20.0 Å². The lowest BCUT2D eigenvalue weighted by Gasteiger charge is -2.12. The minimum absolute atomic E-state index is 0.0972. The molecule has 0 aliphatic heterocycles. The molecule has 10 nitrogen and oxygen atoms in total. The molecule has 0 saturated heterocycles. The van der Waals surface area contributed by atoms with Gasteiger partial charge in [-0.2, -0.15) is 0 Å². The Labute approximate surface area is 159 Å². The Balaban J connectivity index is 1.86. The molecule has 0 spiro atoms. The van der Waals surface area contributed by atoms with E-state index in [0.29, 0.717) is 11.4 Å². The largest absolute Gasteiger partial charge is 0.449 e. The van der Waals surface area contributed by atoms with Gasteiger partial charge in [-0.3, -0.25) is 19.7 Å². The van der Waals surface area contributed by atoms with Crippen molar-refractivity contribution in [3.8, 4) is 0 Å². The fourth-order valence-electron chi connectivity index (χ4n) is 2.03. The van der Waals surface area contributed by atoms with Crippen molar-refractivity contribution < 1.29 is 28.5 Å². The van der Waals surface area contributed by atoms with E-state index in [0.717, 1.165) is 12.1 Å². The molecule has 0 bridgehead atoms. The Morgan fingerprint density at radius 2 is 1.71 bits per heavy atom. The van der Waals surface area contributed by atoms with E-state index in [1.807, 2.05) is 0 Å². The Morgan fingerprint density at radius 1 is 1.11 bits per heavy atom. The van der Waals surface area contributed by atoms with Gasteiger partial charge in [-0.1, -0.05) is 0 Å². The molecule has 146 valence electrons. The molecule has 0 unspecified atom stereocenters. The van der Waals surface area contributed by atoms with Gasteiger partial charge in [-0.05, 0) is 43.3 Å². The third-order valence-electron chi connectivity index (χ3n) is 3.31. The van der Waals surface area contributed by atoms with Crippen molar-refractivity contribution in [3.63, 3.8) is 0 Å². The summed E-state index contributed by atoms with van der Waals surface area (Å²) in [7, 11) is 0. The second-order valence-corrected chi connectivity index (χ2v) is 5.59. The van der Waals surface area contributed by atoms with E-state index in [2.05, 4.69) is 10.6 Å². The molecular formula is C18H17N3O7. The number of hydrogen-bond acceptors (Lipinski definition) is 7. The first kappa shape index (κ1) is 20.4. The summed E-state index contributed by atoms with van der Waals surface area (Å²) in [6.07, 6.45) is 1.10. The highest BCUT2D eigenvalue weighted by atomic mass is 16.6. The van der Waals surface area contributed by atoms with E-state index in [1.165, 1.54) is 26.0 Å². The lowest BCUT2D eigenvalue weighted by atomic mass is 10.2. The van der Waals surface area contributed by atoms with Gasteiger partial charge in [0.25, 0.3) is 5.91 Å². The molecule has 0 radical (unpaired) electrons. The molecule has 1 atom stereocenters. The van der Waals surface area contributed by atoms with Crippen LogP contribution in [0, 0.1) is 10.1 Å². The van der Waals surface area contributed by atoms with Gasteiger partial charge in [-0.25, -0.2) is 4.79 Å². The predicted molar refractivity (Wildman–Crippen MR) is 99.3 cm³/mol. The summed E-state index contributed by atoms with van der Waals surface area (Å²) in [4.78, 5) is 44.6. The highest BCUT2D eigenvalue weighted by Gasteiger charge is 2.17. The number of benzene rings is 1. The normalized spacial score (nSPS) is 11.6. The number of furan rings is 1. The van der Waals surface area contributed by atoms with Gasteiger partial charge in [0.1, 0.15) is 10.7 Å². The predicted octanol–water partition coefficient (Wildman–Crippen LogP) is 2.73. The summed E-state index contributed by atoms with van der Waals surface area (Å²) in [5.41, 5.74) is 1.04. The van der Waals surface area contributed by atoms with Gasteiger partial charge >= 0.3 is 11.9 Å². The highest BCUT2D eigenvalue weighted by molar-refractivity contribution is 5.97. The SMILES string of the molecule is CC(=O)Nc1ccc(NC(=O)[C@H](C)OC(=O)/C=C/c2ccc([N+](=O)[O-])o2)cc1. The van der Waals surface area contributed by atoms with Gasteiger partial charge in [0.2, 0.25) is 5.91 Å². The Bertz CT molecular complexity index is 916. The topological polar surface area (TPSA) is 141 Å². The van der Waals surface area contributed by atoms with Crippen LogP contribution in [0.3, 0.4) is 0 Å². The van der Waals surface area contributed by atoms with Crippen LogP contribution >= 0.6 is 0 Å². The van der Waals surface area contributed by atoms with E-state index in [1.54, 1.807) is 24.3 Å². The zero-order valence-corrected chi connectivity index (χ0v) is 15.0. The maximum absolute atomic E-state index is 12.1. The molecular weight excluding hydrogens is 370 g/mol. The van der Waals surface area contributed by atoms with Crippen molar-refractivity contribution in [1.29, 1.82) is 0 Å². The number of ether oxygens (including phenoxy) is 1. The van der Waals surface area contributed by atoms with E-state index in [4.69, 9.17) is 9.15 Å². The minimum Gasteiger partial charge on any atom is -0.449 e. The van der Waals surface area contributed by atoms with Crippen molar-refractivity contribution in [2.75, 3.05) is 10.6 Å². The van der Waals surface area contributed by atoms with Crippen LogP contribution < -0.4 is 10.6 Å². The van der Waals surface area contributed by atoms with Crippen molar-refractivity contribution in [1.82, 2.24) is 0 Å². The van der Waals surface area contributed by atoms with Crippen molar-refractivity contribution >= 4 is 41.1 Å². The van der Waals surface area contributed by atoms with Crippen LogP contribution in [0.5, 0.6) is 0 Å². The third-order valence-corrected chi connectivity index (χ3v) is 3.31. The highest BCUT2D eigenvalue weighted by Crippen LogP contribution is 2.17. The molecule has 1 aromatic carbocycles. The zero-order valence-electron chi connectivity index (χ0n) is 15.0. The first-order valence-electron chi connectivity index (χ1n) is 8.06. The minimum atomic E-state index is -1.09. The number of nitrogens with one attached hydrogen (secondary N) is 2. The smallest absolute Gasteiger partial charge is 0.433 e. The lowest BCUT2D eigenvalue weighted by molar-refractivity contribution is -0.402. The van der Waals surface area contributed by atoms with Crippen molar-refractivity contribution in [2.24, 2.45) is 0 Å². The number of esters is 1. The molecule has 28 heavy (non-hydrogen) atoms. The first-order valence-corrected chi connectivity index (χ1v) is 8.06. The average Bonchev–Trinajstić information content (AvgIpc) is 3.10. The van der Waals surface area contributed by atoms with Crippen LogP contribution in [0.25, 0.3) is 6.08 Å². The Hall–Kier alpha value is -3.95. The number of carbonyl (C=O) groups is 3. The van der Waals surface area contributed by atoms with Gasteiger partial charge in [0, 0.05) is 24.4 Å². The number of rotatable bonds is 7. The fraction of sp³-hybridized carbons (Fsp3) is 0.167. The number of nitrogens with zero attached hydrogens (tertiary/aromatic N) is 1. The number of nitro groups is 1. The molecule has 2 aromatic rings. The van der Waals surface area contributed by atoms with Gasteiger partial charge in [0.15, 0.2) is 6.10 Å². The zero-order chi connectivity index (χ0) is 20.7. The molecule has 1 aromatic heterocycles. The maximum Gasteiger partial charge on any atom is 0.433 e. The summed E-state index contributed by atoms with van der Waals surface area (Å²) in [6.45, 7) is 2.78. The molecule has 0 saturated carbocycles. The van der Waals surface area contributed by atoms with Crippen molar-refractivity contribution in [3.05, 3.63) is 58.3 Å². The van der Waals surface area contributed by atoms with E-state index < -0.39 is 28.8 Å². The van der Waals surface area contributed by atoms with E-state index in [-0.39, 0.29) is 11.7 Å². The third kappa shape index (κ3) is 6.09. The molecule has 2 N–H and O–H groups in total. The maximum atomic E-state index is 12.1. The summed E-state index contributed by atoms with van der Waals surface area (Å²) >= 11 is 0. The summed E-state index contributed by atoms with van der Waals surface area (Å²) in [6, 6.07) is 8.86. The van der Waals surface area contributed by atoms with Crippen LogP contribution in [0.4, 0.5) is 17.3 Å². The summed E-state index contributed by atoms with van der Waals surface area (Å²) < 4.78 is 9.83. The summed E-state index contributed by atoms with van der Waals surface area (Å²) in [5.74, 6) is -1.94. The second-order valence-electron chi connectivity index (χ2n) is 5.59. The number of amides is 2. The standard InChI is InChI=1S/C18H17N3O7/c1-11(18(24)20-14-5-3-13(4-6-14)19-12(2)22)27-17(23)10-8-15-7-9-16(28-15)21(25)26/h3-11H,1-2H3,(H,19,22)(H,20,24)/b10-8+/t11-/m0/s1. The molecule has 10 heteroatoms. The van der Waals surface area contributed by atoms with Crippen LogP contribution in [0.1, 0.15) is 19.6 Å². The van der Waals surface area contributed by atoms with Gasteiger partial charge in [0.05, 0.1) is 6.07 Å². The van der Waals surface area contributed by atoms with Crippen LogP contribution in [0.15, 0.2) is 46.9 Å². The molecule has 0 aliphatic carbocycles. The Morgan fingerprint density at radius 3 is 2.25 bits per heavy atom. The van der Waals surface area contributed by atoms with Crippen LogP contribution in [-0.2, 0) is 19.1 Å². The Kier molecular flexibility index (Phi) is 6.63. The quantitative estimate of drug-likeness (QED) is 0.322.